The van der Waals surface area contributed by atoms with E-state index in [4.69, 9.17) is 16.7 Å². The Kier molecular flexibility index (Phi) is 4.58. The van der Waals surface area contributed by atoms with Crippen LogP contribution in [0.25, 0.3) is 0 Å². The van der Waals surface area contributed by atoms with Crippen LogP contribution in [0.3, 0.4) is 0 Å². The molecule has 0 radical (unpaired) electrons. The van der Waals surface area contributed by atoms with Crippen molar-refractivity contribution in [2.24, 2.45) is 0 Å². The molecule has 0 bridgehead atoms. The minimum atomic E-state index is -0.252. The first kappa shape index (κ1) is 14.1. The van der Waals surface area contributed by atoms with E-state index in [-0.39, 0.29) is 12.5 Å². The number of carbonyl (C=O) groups excluding carboxylic acids is 1. The Hall–Kier alpha value is -1.36. The number of nitrogens with one attached hydrogen (secondary N) is 1. The van der Waals surface area contributed by atoms with Gasteiger partial charge in [0.05, 0.1) is 6.61 Å². The number of benzene rings is 2. The van der Waals surface area contributed by atoms with Gasteiger partial charge in [-0.15, -0.1) is 0 Å². The van der Waals surface area contributed by atoms with Crippen molar-refractivity contribution in [1.29, 1.82) is 0 Å². The fraction of sp³-hybridized carbons (Fsp3) is 0.0714. The van der Waals surface area contributed by atoms with Crippen LogP contribution in [0.4, 0.5) is 5.69 Å². The Bertz CT molecular complexity index is 596. The van der Waals surface area contributed by atoms with Crippen molar-refractivity contribution in [3.05, 3.63) is 63.1 Å². The first-order valence-corrected chi connectivity index (χ1v) is 6.73. The molecule has 2 N–H and O–H groups in total. The van der Waals surface area contributed by atoms with E-state index in [0.29, 0.717) is 16.3 Å². The zero-order valence-corrected chi connectivity index (χ0v) is 12.2. The summed E-state index contributed by atoms with van der Waals surface area (Å²) in [4.78, 5) is 12.1. The zero-order valence-electron chi connectivity index (χ0n) is 9.86. The third kappa shape index (κ3) is 3.80. The molecule has 2 aromatic carbocycles. The lowest BCUT2D eigenvalue weighted by Crippen LogP contribution is -2.12. The molecule has 0 aliphatic heterocycles. The van der Waals surface area contributed by atoms with Crippen LogP contribution >= 0.6 is 27.5 Å². The Labute approximate surface area is 124 Å². The van der Waals surface area contributed by atoms with E-state index < -0.39 is 0 Å². The molecule has 98 valence electrons. The highest BCUT2D eigenvalue weighted by Crippen LogP contribution is 2.20. The largest absolute Gasteiger partial charge is 0.392 e. The molecule has 0 unspecified atom stereocenters. The van der Waals surface area contributed by atoms with Crippen LogP contribution in [0.5, 0.6) is 0 Å². The van der Waals surface area contributed by atoms with Gasteiger partial charge in [-0.2, -0.15) is 0 Å². The molecule has 0 saturated carbocycles. The first-order chi connectivity index (χ1) is 9.08. The summed E-state index contributed by atoms with van der Waals surface area (Å²) >= 11 is 9.19. The van der Waals surface area contributed by atoms with Gasteiger partial charge >= 0.3 is 0 Å². The molecule has 0 heterocycles. The van der Waals surface area contributed by atoms with E-state index in [1.54, 1.807) is 42.5 Å². The molecule has 0 fully saturated rings. The second-order valence-corrected chi connectivity index (χ2v) is 5.32. The molecule has 0 aromatic heterocycles. The smallest absolute Gasteiger partial charge is 0.255 e. The summed E-state index contributed by atoms with van der Waals surface area (Å²) in [5.41, 5.74) is 1.84. The van der Waals surface area contributed by atoms with Gasteiger partial charge in [-0.25, -0.2) is 0 Å². The number of aliphatic hydroxyl groups is 1. The molecule has 3 nitrogen and oxygen atoms in total. The molecule has 2 aromatic rings. The Morgan fingerprint density at radius 2 is 2.05 bits per heavy atom. The second kappa shape index (κ2) is 6.19. The third-order valence-corrected chi connectivity index (χ3v) is 3.17. The standard InChI is InChI=1S/C14H11BrClNO2/c15-11-5-10(6-12(16)7-11)14(19)17-13-3-1-2-9(4-13)8-18/h1-7,18H,8H2,(H,17,19). The lowest BCUT2D eigenvalue weighted by Gasteiger charge is -2.07. The minimum Gasteiger partial charge on any atom is -0.392 e. The Morgan fingerprint density at radius 1 is 1.26 bits per heavy atom. The maximum Gasteiger partial charge on any atom is 0.255 e. The van der Waals surface area contributed by atoms with Crippen molar-refractivity contribution in [2.45, 2.75) is 6.61 Å². The maximum atomic E-state index is 12.1. The second-order valence-electron chi connectivity index (χ2n) is 3.97. The molecular weight excluding hydrogens is 330 g/mol. The number of hydrogen-bond donors (Lipinski definition) is 2. The van der Waals surface area contributed by atoms with Gasteiger partial charge in [0.1, 0.15) is 0 Å². The van der Waals surface area contributed by atoms with E-state index >= 15 is 0 Å². The van der Waals surface area contributed by atoms with Gasteiger partial charge in [0.15, 0.2) is 0 Å². The number of aliphatic hydroxyl groups excluding tert-OH is 1. The van der Waals surface area contributed by atoms with Gasteiger partial charge in [-0.1, -0.05) is 39.7 Å². The van der Waals surface area contributed by atoms with Crippen molar-refractivity contribution in [2.75, 3.05) is 5.32 Å². The predicted octanol–water partition coefficient (Wildman–Crippen LogP) is 3.85. The quantitative estimate of drug-likeness (QED) is 0.891. The molecule has 2 rings (SSSR count). The first-order valence-electron chi connectivity index (χ1n) is 5.56. The van der Waals surface area contributed by atoms with Crippen LogP contribution in [-0.2, 0) is 6.61 Å². The number of amides is 1. The van der Waals surface area contributed by atoms with Crippen molar-refractivity contribution >= 4 is 39.1 Å². The predicted molar refractivity (Wildman–Crippen MR) is 79.5 cm³/mol. The van der Waals surface area contributed by atoms with E-state index in [9.17, 15) is 4.79 Å². The van der Waals surface area contributed by atoms with Crippen LogP contribution in [0.15, 0.2) is 46.9 Å². The highest BCUT2D eigenvalue weighted by Gasteiger charge is 2.08. The van der Waals surface area contributed by atoms with E-state index in [1.165, 1.54) is 0 Å². The SMILES string of the molecule is O=C(Nc1cccc(CO)c1)c1cc(Cl)cc(Br)c1. The lowest BCUT2D eigenvalue weighted by atomic mass is 10.2. The number of hydrogen-bond acceptors (Lipinski definition) is 2. The molecule has 5 heteroatoms. The molecule has 19 heavy (non-hydrogen) atoms. The van der Waals surface area contributed by atoms with Crippen molar-refractivity contribution < 1.29 is 9.90 Å². The third-order valence-electron chi connectivity index (χ3n) is 2.49. The topological polar surface area (TPSA) is 49.3 Å². The van der Waals surface area contributed by atoms with Crippen LogP contribution in [0.1, 0.15) is 15.9 Å². The van der Waals surface area contributed by atoms with Crippen molar-refractivity contribution in [1.82, 2.24) is 0 Å². The molecule has 0 spiro atoms. The van der Waals surface area contributed by atoms with Gasteiger partial charge < -0.3 is 10.4 Å². The maximum absolute atomic E-state index is 12.1. The van der Waals surface area contributed by atoms with Gasteiger partial charge in [-0.05, 0) is 35.9 Å². The number of halogens is 2. The summed E-state index contributed by atoms with van der Waals surface area (Å²) in [5, 5.41) is 12.3. The van der Waals surface area contributed by atoms with Crippen LogP contribution < -0.4 is 5.32 Å². The average molecular weight is 341 g/mol. The molecule has 0 atom stereocenters. The van der Waals surface area contributed by atoms with Crippen LogP contribution in [-0.4, -0.2) is 11.0 Å². The van der Waals surface area contributed by atoms with Crippen LogP contribution in [0, 0.1) is 0 Å². The molecule has 1 amide bonds. The minimum absolute atomic E-state index is 0.0631. The molecule has 0 aliphatic carbocycles. The van der Waals surface area contributed by atoms with Gasteiger partial charge in [0.2, 0.25) is 0 Å². The van der Waals surface area contributed by atoms with Gasteiger partial charge in [-0.3, -0.25) is 4.79 Å². The summed E-state index contributed by atoms with van der Waals surface area (Å²) in [7, 11) is 0. The fourth-order valence-electron chi connectivity index (χ4n) is 1.64. The molecule has 0 aliphatic rings. The zero-order chi connectivity index (χ0) is 13.8. The summed E-state index contributed by atoms with van der Waals surface area (Å²) < 4.78 is 0.745. The van der Waals surface area contributed by atoms with Crippen molar-refractivity contribution in [3.8, 4) is 0 Å². The molecular formula is C14H11BrClNO2. The monoisotopic (exact) mass is 339 g/mol. The van der Waals surface area contributed by atoms with Gasteiger partial charge in [0, 0.05) is 20.7 Å². The fourth-order valence-corrected chi connectivity index (χ4v) is 2.50. The number of rotatable bonds is 3. The van der Waals surface area contributed by atoms with Crippen molar-refractivity contribution in [3.63, 3.8) is 0 Å². The summed E-state index contributed by atoms with van der Waals surface area (Å²) in [5.74, 6) is -0.252. The highest BCUT2D eigenvalue weighted by molar-refractivity contribution is 9.10. The highest BCUT2D eigenvalue weighted by atomic mass is 79.9. The summed E-state index contributed by atoms with van der Waals surface area (Å²) in [6.07, 6.45) is 0. The Morgan fingerprint density at radius 3 is 2.74 bits per heavy atom. The molecule has 0 saturated heterocycles. The number of anilines is 1. The lowest BCUT2D eigenvalue weighted by molar-refractivity contribution is 0.102. The van der Waals surface area contributed by atoms with E-state index in [1.807, 2.05) is 0 Å². The normalized spacial score (nSPS) is 10.3. The van der Waals surface area contributed by atoms with Gasteiger partial charge in [0.25, 0.3) is 5.91 Å². The Balaban J connectivity index is 2.20. The summed E-state index contributed by atoms with van der Waals surface area (Å²) in [6.45, 7) is -0.0631. The van der Waals surface area contributed by atoms with Crippen LogP contribution in [0.2, 0.25) is 5.02 Å². The van der Waals surface area contributed by atoms with E-state index in [2.05, 4.69) is 21.2 Å². The summed E-state index contributed by atoms with van der Waals surface area (Å²) in [6, 6.07) is 12.0. The number of carbonyl (C=O) groups is 1. The average Bonchev–Trinajstić information content (AvgIpc) is 2.37. The van der Waals surface area contributed by atoms with E-state index in [0.717, 1.165) is 10.0 Å².